The molecule has 0 saturated carbocycles. The third-order valence-electron chi connectivity index (χ3n) is 2.72. The van der Waals surface area contributed by atoms with Crippen molar-refractivity contribution in [3.8, 4) is 0 Å². The largest absolute Gasteiger partial charge is 0.382 e. The van der Waals surface area contributed by atoms with E-state index in [0.717, 1.165) is 5.56 Å². The molecule has 100 valence electrons. The first-order valence-corrected chi connectivity index (χ1v) is 6.17. The summed E-state index contributed by atoms with van der Waals surface area (Å²) in [4.78, 5) is 12.0. The molecule has 0 radical (unpaired) electrons. The predicted octanol–water partition coefficient (Wildman–Crippen LogP) is 2.12. The number of hydrazine groups is 1. The van der Waals surface area contributed by atoms with E-state index >= 15 is 0 Å². The van der Waals surface area contributed by atoms with Crippen LogP contribution in [0.5, 0.6) is 0 Å². The van der Waals surface area contributed by atoms with Crippen molar-refractivity contribution in [1.29, 1.82) is 0 Å². The molecule has 0 fully saturated rings. The van der Waals surface area contributed by atoms with E-state index in [-0.39, 0.29) is 11.9 Å². The summed E-state index contributed by atoms with van der Waals surface area (Å²) in [6.45, 7) is 4.39. The normalized spacial score (nSPS) is 12.5. The van der Waals surface area contributed by atoms with E-state index < -0.39 is 0 Å². The zero-order valence-electron chi connectivity index (χ0n) is 11.3. The maximum Gasteiger partial charge on any atom is 0.237 e. The van der Waals surface area contributed by atoms with Gasteiger partial charge in [-0.25, -0.2) is 5.84 Å². The van der Waals surface area contributed by atoms with Crippen LogP contribution in [0.4, 0.5) is 0 Å². The van der Waals surface area contributed by atoms with Gasteiger partial charge in [-0.1, -0.05) is 44.2 Å². The number of carbonyl (C=O) groups excluding carboxylic acids is 1. The standard InChI is InChI=1S/C14H22N2O2/c1-11(2)9-14(17)16(15)13(10-18-3)12-7-5-4-6-8-12/h4-8,11,13H,9-10,15H2,1-3H3. The lowest BCUT2D eigenvalue weighted by molar-refractivity contribution is -0.136. The van der Waals surface area contributed by atoms with Gasteiger partial charge < -0.3 is 4.74 Å². The first kappa shape index (κ1) is 14.7. The smallest absolute Gasteiger partial charge is 0.237 e. The first-order chi connectivity index (χ1) is 8.56. The third-order valence-corrected chi connectivity index (χ3v) is 2.72. The Bertz CT molecular complexity index is 365. The van der Waals surface area contributed by atoms with Gasteiger partial charge in [0.15, 0.2) is 0 Å². The molecule has 0 spiro atoms. The van der Waals surface area contributed by atoms with Crippen molar-refractivity contribution in [2.45, 2.75) is 26.3 Å². The molecule has 0 heterocycles. The van der Waals surface area contributed by atoms with Crippen LogP contribution in [0.1, 0.15) is 31.9 Å². The average molecular weight is 250 g/mol. The number of benzene rings is 1. The van der Waals surface area contributed by atoms with Crippen molar-refractivity contribution in [2.75, 3.05) is 13.7 Å². The number of nitrogens with two attached hydrogens (primary N) is 1. The molecule has 1 aromatic rings. The topological polar surface area (TPSA) is 55.6 Å². The van der Waals surface area contributed by atoms with Crippen LogP contribution in [-0.2, 0) is 9.53 Å². The van der Waals surface area contributed by atoms with Crippen LogP contribution < -0.4 is 5.84 Å². The maximum atomic E-state index is 12.0. The third kappa shape index (κ3) is 4.13. The molecule has 0 saturated heterocycles. The van der Waals surface area contributed by atoms with Crippen LogP contribution >= 0.6 is 0 Å². The summed E-state index contributed by atoms with van der Waals surface area (Å²) in [5, 5.41) is 1.29. The Morgan fingerprint density at radius 2 is 1.94 bits per heavy atom. The second kappa shape index (κ2) is 7.13. The van der Waals surface area contributed by atoms with Crippen LogP contribution in [0, 0.1) is 5.92 Å². The molecule has 1 unspecified atom stereocenters. The summed E-state index contributed by atoms with van der Waals surface area (Å²) in [6.07, 6.45) is 0.448. The van der Waals surface area contributed by atoms with Crippen LogP contribution in [-0.4, -0.2) is 24.6 Å². The molecular formula is C14H22N2O2. The summed E-state index contributed by atoms with van der Waals surface area (Å²) in [7, 11) is 1.61. The molecule has 0 bridgehead atoms. The summed E-state index contributed by atoms with van der Waals surface area (Å²) in [5.74, 6) is 6.17. The Morgan fingerprint density at radius 1 is 1.33 bits per heavy atom. The van der Waals surface area contributed by atoms with Crippen molar-refractivity contribution in [1.82, 2.24) is 5.01 Å². The number of carbonyl (C=O) groups is 1. The molecule has 18 heavy (non-hydrogen) atoms. The van der Waals surface area contributed by atoms with Crippen LogP contribution in [0.3, 0.4) is 0 Å². The van der Waals surface area contributed by atoms with Gasteiger partial charge in [0, 0.05) is 13.5 Å². The Kier molecular flexibility index (Phi) is 5.82. The Balaban J connectivity index is 2.82. The van der Waals surface area contributed by atoms with Gasteiger partial charge in [0.25, 0.3) is 0 Å². The van der Waals surface area contributed by atoms with Crippen LogP contribution in [0.15, 0.2) is 30.3 Å². The highest BCUT2D eigenvalue weighted by atomic mass is 16.5. The lowest BCUT2D eigenvalue weighted by Crippen LogP contribution is -2.42. The quantitative estimate of drug-likeness (QED) is 0.478. The SMILES string of the molecule is COCC(c1ccccc1)N(N)C(=O)CC(C)C. The van der Waals surface area contributed by atoms with Gasteiger partial charge in [0.1, 0.15) is 0 Å². The van der Waals surface area contributed by atoms with Crippen molar-refractivity contribution in [3.05, 3.63) is 35.9 Å². The van der Waals surface area contributed by atoms with Gasteiger partial charge in [0.2, 0.25) is 5.91 Å². The lowest BCUT2D eigenvalue weighted by atomic mass is 10.1. The van der Waals surface area contributed by atoms with Crippen molar-refractivity contribution in [3.63, 3.8) is 0 Å². The highest BCUT2D eigenvalue weighted by Gasteiger charge is 2.22. The fourth-order valence-corrected chi connectivity index (χ4v) is 1.80. The molecule has 4 nitrogen and oxygen atoms in total. The molecule has 4 heteroatoms. The zero-order chi connectivity index (χ0) is 13.5. The minimum absolute atomic E-state index is 0.0593. The predicted molar refractivity (Wildman–Crippen MR) is 71.5 cm³/mol. The minimum atomic E-state index is -0.234. The van der Waals surface area contributed by atoms with E-state index in [9.17, 15) is 4.79 Å². The first-order valence-electron chi connectivity index (χ1n) is 6.17. The second-order valence-electron chi connectivity index (χ2n) is 4.78. The fraction of sp³-hybridized carbons (Fsp3) is 0.500. The summed E-state index contributed by atoms with van der Waals surface area (Å²) in [6, 6.07) is 9.46. The number of rotatable bonds is 6. The van der Waals surface area contributed by atoms with Crippen molar-refractivity contribution >= 4 is 5.91 Å². The van der Waals surface area contributed by atoms with E-state index in [1.807, 2.05) is 44.2 Å². The molecule has 0 aliphatic carbocycles. The van der Waals surface area contributed by atoms with Gasteiger partial charge in [-0.15, -0.1) is 0 Å². The zero-order valence-corrected chi connectivity index (χ0v) is 11.3. The minimum Gasteiger partial charge on any atom is -0.382 e. The van der Waals surface area contributed by atoms with E-state index in [4.69, 9.17) is 10.6 Å². The number of methoxy groups -OCH3 is 1. The van der Waals surface area contributed by atoms with Crippen LogP contribution in [0.25, 0.3) is 0 Å². The second-order valence-corrected chi connectivity index (χ2v) is 4.78. The maximum absolute atomic E-state index is 12.0. The summed E-state index contributed by atoms with van der Waals surface area (Å²) < 4.78 is 5.16. The molecule has 0 aliphatic rings. The number of hydrogen-bond acceptors (Lipinski definition) is 3. The Morgan fingerprint density at radius 3 is 2.44 bits per heavy atom. The molecule has 1 aromatic carbocycles. The van der Waals surface area contributed by atoms with Crippen molar-refractivity contribution in [2.24, 2.45) is 11.8 Å². The van der Waals surface area contributed by atoms with Gasteiger partial charge >= 0.3 is 0 Å². The summed E-state index contributed by atoms with van der Waals surface area (Å²) in [5.41, 5.74) is 0.985. The van der Waals surface area contributed by atoms with Crippen LogP contribution in [0.2, 0.25) is 0 Å². The molecule has 1 atom stereocenters. The number of hydrogen-bond donors (Lipinski definition) is 1. The Labute approximate surface area is 109 Å². The van der Waals surface area contributed by atoms with Gasteiger partial charge in [0.05, 0.1) is 12.6 Å². The Hall–Kier alpha value is -1.39. The number of nitrogens with zero attached hydrogens (tertiary/aromatic N) is 1. The highest BCUT2D eigenvalue weighted by Crippen LogP contribution is 2.19. The molecule has 0 aromatic heterocycles. The van der Waals surface area contributed by atoms with E-state index in [0.29, 0.717) is 18.9 Å². The molecular weight excluding hydrogens is 228 g/mol. The van der Waals surface area contributed by atoms with Gasteiger partial charge in [-0.2, -0.15) is 0 Å². The van der Waals surface area contributed by atoms with Gasteiger partial charge in [-0.05, 0) is 11.5 Å². The summed E-state index contributed by atoms with van der Waals surface area (Å²) >= 11 is 0. The molecule has 0 aliphatic heterocycles. The molecule has 2 N–H and O–H groups in total. The van der Waals surface area contributed by atoms with E-state index in [2.05, 4.69) is 0 Å². The van der Waals surface area contributed by atoms with E-state index in [1.54, 1.807) is 7.11 Å². The number of ether oxygens (including phenoxy) is 1. The van der Waals surface area contributed by atoms with Crippen molar-refractivity contribution < 1.29 is 9.53 Å². The van der Waals surface area contributed by atoms with Gasteiger partial charge in [-0.3, -0.25) is 9.80 Å². The fourth-order valence-electron chi connectivity index (χ4n) is 1.80. The lowest BCUT2D eigenvalue weighted by Gasteiger charge is -2.28. The van der Waals surface area contributed by atoms with E-state index in [1.165, 1.54) is 5.01 Å². The molecule has 1 rings (SSSR count). The number of amides is 1. The highest BCUT2D eigenvalue weighted by molar-refractivity contribution is 5.76. The average Bonchev–Trinajstić information content (AvgIpc) is 2.35. The molecule has 1 amide bonds. The monoisotopic (exact) mass is 250 g/mol.